The van der Waals surface area contributed by atoms with Gasteiger partial charge in [0.15, 0.2) is 0 Å². The summed E-state index contributed by atoms with van der Waals surface area (Å²) in [5.41, 5.74) is 0. The first kappa shape index (κ1) is 30.3. The van der Waals surface area contributed by atoms with E-state index in [2.05, 4.69) is 0 Å². The molecule has 0 heterocycles. The predicted molar refractivity (Wildman–Crippen MR) is 41.9 cm³/mol. The van der Waals surface area contributed by atoms with Crippen molar-refractivity contribution in [2.45, 2.75) is 36.0 Å². The van der Waals surface area contributed by atoms with Crippen LogP contribution < -0.4 is 10.2 Å². The van der Waals surface area contributed by atoms with Crippen molar-refractivity contribution >= 4 is 11.9 Å². The summed E-state index contributed by atoms with van der Waals surface area (Å²) in [6, 6.07) is 0. The second-order valence-electron chi connectivity index (χ2n) is 3.87. The first-order valence-electron chi connectivity index (χ1n) is 4.96. The molecular formula is C8F14O4Zn. The largest absolute Gasteiger partial charge is 2.00 e. The van der Waals surface area contributed by atoms with E-state index >= 15 is 0 Å². The van der Waals surface area contributed by atoms with Crippen LogP contribution in [-0.4, -0.2) is 48.0 Å². The number of carbonyl (C=O) groups is 2. The maximum atomic E-state index is 11.7. The molecule has 0 fully saturated rings. The van der Waals surface area contributed by atoms with Crippen molar-refractivity contribution in [1.29, 1.82) is 0 Å². The van der Waals surface area contributed by atoms with Gasteiger partial charge in [0, 0.05) is 0 Å². The van der Waals surface area contributed by atoms with Crippen LogP contribution in [0.25, 0.3) is 0 Å². The summed E-state index contributed by atoms with van der Waals surface area (Å²) in [4.78, 5) is 18.5. The molecule has 0 amide bonds. The Balaban J connectivity index is -0.000000411. The van der Waals surface area contributed by atoms with Gasteiger partial charge < -0.3 is 19.8 Å². The Hall–Kier alpha value is -1.42. The Morgan fingerprint density at radius 3 is 0.667 bits per heavy atom. The molecule has 0 aliphatic rings. The van der Waals surface area contributed by atoms with Gasteiger partial charge >= 0.3 is 55.5 Å². The molecule has 4 nitrogen and oxygen atoms in total. The molecule has 0 aromatic heterocycles. The van der Waals surface area contributed by atoms with Crippen LogP contribution in [-0.2, 0) is 29.1 Å². The zero-order valence-corrected chi connectivity index (χ0v) is 14.6. The van der Waals surface area contributed by atoms with E-state index in [4.69, 9.17) is 0 Å². The van der Waals surface area contributed by atoms with Crippen molar-refractivity contribution in [2.24, 2.45) is 0 Å². The fourth-order valence-corrected chi connectivity index (χ4v) is 0.612. The monoisotopic (exact) mass is 490 g/mol. The first-order chi connectivity index (χ1) is 10.9. The number of alkyl halides is 14. The van der Waals surface area contributed by atoms with Crippen molar-refractivity contribution in [2.75, 3.05) is 0 Å². The van der Waals surface area contributed by atoms with Crippen LogP contribution in [0.3, 0.4) is 0 Å². The summed E-state index contributed by atoms with van der Waals surface area (Å²) in [5.74, 6) is -33.4. The molecule has 0 rings (SSSR count). The normalized spacial score (nSPS) is 13.9. The van der Waals surface area contributed by atoms with E-state index in [1.54, 1.807) is 0 Å². The van der Waals surface area contributed by atoms with Crippen LogP contribution in [0.15, 0.2) is 0 Å². The average Bonchev–Trinajstić information content (AvgIpc) is 2.35. The maximum absolute atomic E-state index is 11.7. The molecule has 0 atom stereocenters. The van der Waals surface area contributed by atoms with Gasteiger partial charge in [0.2, 0.25) is 0 Å². The second-order valence-corrected chi connectivity index (χ2v) is 3.87. The van der Waals surface area contributed by atoms with Gasteiger partial charge in [0.05, 0.1) is 0 Å². The Bertz CT molecular complexity index is 488. The third kappa shape index (κ3) is 5.78. The van der Waals surface area contributed by atoms with Crippen LogP contribution in [0.2, 0.25) is 0 Å². The molecule has 0 radical (unpaired) electrons. The average molecular weight is 491 g/mol. The van der Waals surface area contributed by atoms with E-state index in [-0.39, 0.29) is 19.5 Å². The molecule has 0 spiro atoms. The quantitative estimate of drug-likeness (QED) is 0.437. The fraction of sp³-hybridized carbons (Fsp3) is 0.750. The zero-order chi connectivity index (χ0) is 22.2. The van der Waals surface area contributed by atoms with E-state index in [1.165, 1.54) is 0 Å². The maximum Gasteiger partial charge on any atom is 2.00 e. The fourth-order valence-electron chi connectivity index (χ4n) is 0.612. The molecule has 0 bridgehead atoms. The number of rotatable bonds is 4. The van der Waals surface area contributed by atoms with Crippen molar-refractivity contribution in [3.63, 3.8) is 0 Å². The van der Waals surface area contributed by atoms with Crippen LogP contribution in [0.5, 0.6) is 0 Å². The van der Waals surface area contributed by atoms with Crippen LogP contribution >= 0.6 is 0 Å². The number of hydrogen-bond acceptors (Lipinski definition) is 4. The van der Waals surface area contributed by atoms with E-state index in [9.17, 15) is 81.3 Å². The minimum absolute atomic E-state index is 0. The second kappa shape index (κ2) is 8.30. The predicted octanol–water partition coefficient (Wildman–Crippen LogP) is 1.14. The minimum Gasteiger partial charge on any atom is -0.544 e. The van der Waals surface area contributed by atoms with Crippen molar-refractivity contribution in [1.82, 2.24) is 0 Å². The zero-order valence-electron chi connectivity index (χ0n) is 11.6. The van der Waals surface area contributed by atoms with E-state index < -0.39 is 48.0 Å². The van der Waals surface area contributed by atoms with E-state index in [1.807, 2.05) is 0 Å². The summed E-state index contributed by atoms with van der Waals surface area (Å²) in [6.45, 7) is 0. The molecule has 0 unspecified atom stereocenters. The van der Waals surface area contributed by atoms with Crippen molar-refractivity contribution in [3.8, 4) is 0 Å². The molecule has 0 saturated carbocycles. The standard InChI is InChI=1S/2C4HF7O2.Zn/c2*5-2(6,1(12)13)3(7,8)4(9,10)11;/h2*(H,12,13);/q;;+2/p-2. The third-order valence-corrected chi connectivity index (χ3v) is 2.01. The van der Waals surface area contributed by atoms with Crippen molar-refractivity contribution < 1.29 is 101 Å². The molecule has 27 heavy (non-hydrogen) atoms. The van der Waals surface area contributed by atoms with Gasteiger partial charge in [0.25, 0.3) is 0 Å². The van der Waals surface area contributed by atoms with Gasteiger partial charge in [-0.1, -0.05) is 0 Å². The summed E-state index contributed by atoms with van der Waals surface area (Å²) in [7, 11) is 0. The van der Waals surface area contributed by atoms with Gasteiger partial charge in [0.1, 0.15) is 11.9 Å². The van der Waals surface area contributed by atoms with Crippen LogP contribution in [0.1, 0.15) is 0 Å². The minimum atomic E-state index is -6.64. The van der Waals surface area contributed by atoms with Gasteiger partial charge in [-0.3, -0.25) is 0 Å². The van der Waals surface area contributed by atoms with E-state index in [0.717, 1.165) is 0 Å². The number of carboxylic acids is 2. The number of halogens is 14. The molecule has 156 valence electrons. The van der Waals surface area contributed by atoms with Gasteiger partial charge in [-0.15, -0.1) is 0 Å². The SMILES string of the molecule is O=C([O-])C(F)(F)C(F)(F)C(F)(F)F.O=C([O-])C(F)(F)C(F)(F)C(F)(F)F.[Zn+2]. The molecule has 0 aliphatic heterocycles. The first-order valence-corrected chi connectivity index (χ1v) is 4.96. The Morgan fingerprint density at radius 1 is 0.481 bits per heavy atom. The smallest absolute Gasteiger partial charge is 0.544 e. The molecule has 0 aromatic carbocycles. The number of carbonyl (C=O) groups excluding carboxylic acids is 2. The van der Waals surface area contributed by atoms with Crippen LogP contribution in [0, 0.1) is 0 Å². The third-order valence-electron chi connectivity index (χ3n) is 2.01. The van der Waals surface area contributed by atoms with Gasteiger partial charge in [-0.25, -0.2) is 0 Å². The molecule has 19 heteroatoms. The molecule has 0 N–H and O–H groups in total. The van der Waals surface area contributed by atoms with Crippen molar-refractivity contribution in [3.05, 3.63) is 0 Å². The summed E-state index contributed by atoms with van der Waals surface area (Å²) < 4.78 is 160. The van der Waals surface area contributed by atoms with Crippen LogP contribution in [0.4, 0.5) is 61.5 Å². The van der Waals surface area contributed by atoms with Gasteiger partial charge in [-0.2, -0.15) is 61.5 Å². The van der Waals surface area contributed by atoms with E-state index in [0.29, 0.717) is 0 Å². The molecule has 0 saturated heterocycles. The molecular weight excluding hydrogens is 491 g/mol. The number of hydrogen-bond donors (Lipinski definition) is 0. The summed E-state index contributed by atoms with van der Waals surface area (Å²) >= 11 is 0. The Morgan fingerprint density at radius 2 is 0.630 bits per heavy atom. The summed E-state index contributed by atoms with van der Waals surface area (Å²) in [6.07, 6.45) is -13.3. The Labute approximate surface area is 149 Å². The van der Waals surface area contributed by atoms with Gasteiger partial charge in [-0.05, 0) is 0 Å². The molecule has 0 aromatic rings. The number of aliphatic carboxylic acids is 2. The number of carboxylic acid groups (broad SMARTS) is 2. The topological polar surface area (TPSA) is 80.3 Å². The Kier molecular flexibility index (Phi) is 9.32. The molecule has 0 aliphatic carbocycles. The summed E-state index contributed by atoms with van der Waals surface area (Å²) in [5, 5.41) is 18.5.